The molecule has 0 atom stereocenters. The zero-order chi connectivity index (χ0) is 14.4. The predicted molar refractivity (Wildman–Crippen MR) is 47.1 cm³/mol. The summed E-state index contributed by atoms with van der Waals surface area (Å²) in [7, 11) is 0. The molecule has 0 aliphatic carbocycles. The Morgan fingerprint density at radius 3 is 1.89 bits per heavy atom. The number of rotatable bonds is 2. The van der Waals surface area contributed by atoms with Gasteiger partial charge < -0.3 is 4.98 Å². The van der Waals surface area contributed by atoms with Crippen LogP contribution in [0.5, 0.6) is 0 Å². The van der Waals surface area contributed by atoms with Gasteiger partial charge in [0.15, 0.2) is 4.77 Å². The fourth-order valence-electron chi connectivity index (χ4n) is 0.985. The molecule has 11 heteroatoms. The summed E-state index contributed by atoms with van der Waals surface area (Å²) in [6.45, 7) is 0. The number of aromatic nitrogens is 2. The summed E-state index contributed by atoms with van der Waals surface area (Å²) >= 11 is 4.20. The molecule has 0 amide bonds. The van der Waals surface area contributed by atoms with Gasteiger partial charge in [-0.25, -0.2) is 0 Å². The number of H-pyrrole nitrogens is 2. The number of aromatic amines is 2. The van der Waals surface area contributed by atoms with Gasteiger partial charge in [0, 0.05) is 6.07 Å². The maximum atomic E-state index is 13.1. The van der Waals surface area contributed by atoms with Crippen LogP contribution in [0.15, 0.2) is 10.9 Å². The molecule has 0 aliphatic heterocycles. The Labute approximate surface area is 98.6 Å². The van der Waals surface area contributed by atoms with Gasteiger partial charge in [-0.15, -0.1) is 0 Å². The third-order valence-electron chi connectivity index (χ3n) is 1.85. The lowest BCUT2D eigenvalue weighted by Gasteiger charge is -2.27. The van der Waals surface area contributed by atoms with Crippen LogP contribution < -0.4 is 5.56 Å². The second kappa shape index (κ2) is 4.07. The highest BCUT2D eigenvalue weighted by Gasteiger charge is 2.74. The number of hydrogen-bond donors (Lipinski definition) is 2. The second-order valence-corrected chi connectivity index (χ2v) is 3.56. The highest BCUT2D eigenvalue weighted by Crippen LogP contribution is 2.50. The third-order valence-corrected chi connectivity index (χ3v) is 2.05. The summed E-state index contributed by atoms with van der Waals surface area (Å²) in [5.74, 6) is -12.0. The lowest BCUT2D eigenvalue weighted by Crippen LogP contribution is -2.50. The monoisotopic (exact) mass is 296 g/mol. The van der Waals surface area contributed by atoms with Gasteiger partial charge in [0.05, 0.1) is 5.69 Å². The highest BCUT2D eigenvalue weighted by molar-refractivity contribution is 7.71. The van der Waals surface area contributed by atoms with Crippen molar-refractivity contribution in [3.8, 4) is 0 Å². The van der Waals surface area contributed by atoms with Crippen molar-refractivity contribution in [2.24, 2.45) is 0 Å². The molecular weight excluding hydrogens is 293 g/mol. The Kier molecular flexibility index (Phi) is 3.32. The van der Waals surface area contributed by atoms with Gasteiger partial charge in [0.1, 0.15) is 0 Å². The zero-order valence-corrected chi connectivity index (χ0v) is 8.86. The van der Waals surface area contributed by atoms with Crippen molar-refractivity contribution in [2.75, 3.05) is 0 Å². The van der Waals surface area contributed by atoms with E-state index in [4.69, 9.17) is 0 Å². The molecule has 2 N–H and O–H groups in total. The lowest BCUT2D eigenvalue weighted by atomic mass is 10.1. The Balaban J connectivity index is 3.46. The quantitative estimate of drug-likeness (QED) is 0.651. The molecule has 0 aromatic carbocycles. The molecule has 1 aromatic heterocycles. The van der Waals surface area contributed by atoms with Crippen molar-refractivity contribution >= 4 is 12.2 Å². The highest BCUT2D eigenvalue weighted by atomic mass is 32.1. The molecule has 3 nitrogen and oxygen atoms in total. The average Bonchev–Trinajstić information content (AvgIpc) is 2.13. The van der Waals surface area contributed by atoms with Crippen LogP contribution in [0.4, 0.5) is 30.7 Å². The van der Waals surface area contributed by atoms with E-state index >= 15 is 0 Å². The molecule has 18 heavy (non-hydrogen) atoms. The maximum Gasteiger partial charge on any atom is 0.460 e. The zero-order valence-electron chi connectivity index (χ0n) is 8.04. The first kappa shape index (κ1) is 14.7. The molecule has 0 saturated carbocycles. The Hall–Kier alpha value is -1.39. The average molecular weight is 296 g/mol. The van der Waals surface area contributed by atoms with Crippen molar-refractivity contribution < 1.29 is 30.7 Å². The summed E-state index contributed by atoms with van der Waals surface area (Å²) in [6.07, 6.45) is -6.48. The number of alkyl halides is 7. The van der Waals surface area contributed by atoms with Crippen LogP contribution in [0.1, 0.15) is 5.69 Å². The van der Waals surface area contributed by atoms with Crippen LogP contribution >= 0.6 is 12.2 Å². The van der Waals surface area contributed by atoms with Crippen LogP contribution in [0, 0.1) is 4.77 Å². The fraction of sp³-hybridized carbons (Fsp3) is 0.429. The molecule has 0 unspecified atom stereocenters. The molecule has 0 fully saturated rings. The van der Waals surface area contributed by atoms with E-state index in [1.165, 1.54) is 4.98 Å². The van der Waals surface area contributed by atoms with Gasteiger partial charge in [-0.2, -0.15) is 30.7 Å². The molecule has 1 aromatic rings. The molecule has 0 saturated heterocycles. The van der Waals surface area contributed by atoms with Crippen molar-refractivity contribution in [3.05, 3.63) is 26.9 Å². The molecule has 0 aliphatic rings. The summed E-state index contributed by atoms with van der Waals surface area (Å²) < 4.78 is 86.2. The molecule has 1 heterocycles. The number of halogens is 7. The van der Waals surface area contributed by atoms with Crippen molar-refractivity contribution in [1.82, 2.24) is 9.97 Å². The molecule has 102 valence electrons. The Bertz CT molecular complexity index is 530. The molecule has 0 radical (unpaired) electrons. The molecule has 1 rings (SSSR count). The second-order valence-electron chi connectivity index (χ2n) is 3.15. The van der Waals surface area contributed by atoms with Crippen LogP contribution in [-0.2, 0) is 5.92 Å². The van der Waals surface area contributed by atoms with Crippen molar-refractivity contribution in [1.29, 1.82) is 0 Å². The first-order valence-electron chi connectivity index (χ1n) is 4.06. The van der Waals surface area contributed by atoms with Crippen molar-refractivity contribution in [2.45, 2.75) is 18.0 Å². The predicted octanol–water partition coefficient (Wildman–Crippen LogP) is 2.72. The first-order valence-corrected chi connectivity index (χ1v) is 4.47. The van der Waals surface area contributed by atoms with E-state index in [2.05, 4.69) is 12.2 Å². The van der Waals surface area contributed by atoms with Crippen LogP contribution in [-0.4, -0.2) is 22.1 Å². The Morgan fingerprint density at radius 2 is 1.50 bits per heavy atom. The van der Waals surface area contributed by atoms with Gasteiger partial charge in [0.25, 0.3) is 5.56 Å². The SMILES string of the molecule is O=c1cc(C(F)(F)C(F)(F)C(F)(F)F)[nH]c(=S)[nH]1. The first-order chi connectivity index (χ1) is 7.89. The van der Waals surface area contributed by atoms with Gasteiger partial charge in [-0.05, 0) is 12.2 Å². The summed E-state index contributed by atoms with van der Waals surface area (Å²) in [5.41, 5.74) is -3.25. The van der Waals surface area contributed by atoms with Crippen LogP contribution in [0.2, 0.25) is 0 Å². The fourth-order valence-corrected chi connectivity index (χ4v) is 1.20. The van der Waals surface area contributed by atoms with E-state index in [1.807, 2.05) is 0 Å². The summed E-state index contributed by atoms with van der Waals surface area (Å²) in [4.78, 5) is 13.8. The van der Waals surface area contributed by atoms with Gasteiger partial charge in [0.2, 0.25) is 0 Å². The number of hydrogen-bond acceptors (Lipinski definition) is 2. The van der Waals surface area contributed by atoms with Gasteiger partial charge in [-0.1, -0.05) is 0 Å². The summed E-state index contributed by atoms with van der Waals surface area (Å²) in [6, 6.07) is -0.116. The normalized spacial score (nSPS) is 13.7. The minimum absolute atomic E-state index is 0.116. The molecular formula is C7H3F7N2OS. The van der Waals surface area contributed by atoms with Crippen LogP contribution in [0.25, 0.3) is 0 Å². The number of nitrogens with one attached hydrogen (secondary N) is 2. The summed E-state index contributed by atoms with van der Waals surface area (Å²) in [5, 5.41) is 0. The van der Waals surface area contributed by atoms with E-state index in [1.54, 1.807) is 4.98 Å². The van der Waals surface area contributed by atoms with Gasteiger partial charge >= 0.3 is 18.0 Å². The van der Waals surface area contributed by atoms with Crippen LogP contribution in [0.3, 0.4) is 0 Å². The smallest absolute Gasteiger partial charge is 0.330 e. The van der Waals surface area contributed by atoms with E-state index < -0.39 is 34.0 Å². The molecule has 0 spiro atoms. The topological polar surface area (TPSA) is 48.6 Å². The largest absolute Gasteiger partial charge is 0.460 e. The minimum atomic E-state index is -6.48. The van der Waals surface area contributed by atoms with E-state index in [-0.39, 0.29) is 6.07 Å². The third kappa shape index (κ3) is 2.26. The van der Waals surface area contributed by atoms with Gasteiger partial charge in [-0.3, -0.25) is 9.78 Å². The van der Waals surface area contributed by atoms with E-state index in [9.17, 15) is 35.5 Å². The minimum Gasteiger partial charge on any atom is -0.330 e. The molecule has 0 bridgehead atoms. The van der Waals surface area contributed by atoms with E-state index in [0.29, 0.717) is 0 Å². The van der Waals surface area contributed by atoms with Crippen molar-refractivity contribution in [3.63, 3.8) is 0 Å². The lowest BCUT2D eigenvalue weighted by molar-refractivity contribution is -0.360. The Morgan fingerprint density at radius 1 is 1.00 bits per heavy atom. The maximum absolute atomic E-state index is 13.1. The standard InChI is InChI=1S/C7H3F7N2OS/c8-5(9,6(10,11)7(12,13)14)2-1-3(17)16-4(18)15-2/h1H,(H2,15,16,17,18). The van der Waals surface area contributed by atoms with E-state index in [0.717, 1.165) is 0 Å².